The Morgan fingerprint density at radius 3 is 2.69 bits per heavy atom. The Labute approximate surface area is 85.6 Å². The Morgan fingerprint density at radius 2 is 2.08 bits per heavy atom. The van der Waals surface area contributed by atoms with Crippen LogP contribution in [0.25, 0.3) is 0 Å². The van der Waals surface area contributed by atoms with Crippen LogP contribution in [0.1, 0.15) is 13.3 Å². The van der Waals surface area contributed by atoms with Crippen molar-refractivity contribution in [3.8, 4) is 0 Å². The Hall–Kier alpha value is -0.301. The van der Waals surface area contributed by atoms with Gasteiger partial charge in [0.15, 0.2) is 0 Å². The monoisotopic (exact) mass is 242 g/mol. The van der Waals surface area contributed by atoms with Crippen molar-refractivity contribution in [2.45, 2.75) is 18.3 Å². The Kier molecular flexibility index (Phi) is 3.05. The summed E-state index contributed by atoms with van der Waals surface area (Å²) in [7, 11) is 0. The van der Waals surface area contributed by atoms with Crippen molar-refractivity contribution >= 4 is 19.4 Å². The quantitative estimate of drug-likeness (QED) is 0.711. The summed E-state index contributed by atoms with van der Waals surface area (Å²) in [6, 6.07) is 10.7. The van der Waals surface area contributed by atoms with E-state index >= 15 is 0 Å². The molecule has 0 unspecified atom stereocenters. The van der Waals surface area contributed by atoms with E-state index in [9.17, 15) is 0 Å². The second-order valence-corrected chi connectivity index (χ2v) is 6.12. The first-order chi connectivity index (χ1) is 6.34. The van der Waals surface area contributed by atoms with Gasteiger partial charge in [0.2, 0.25) is 0 Å². The van der Waals surface area contributed by atoms with Crippen LogP contribution in [0, 0.1) is 5.92 Å². The van der Waals surface area contributed by atoms with Gasteiger partial charge in [-0.25, -0.2) is 0 Å². The molecule has 1 nitrogen and oxygen atoms in total. The third-order valence-electron chi connectivity index (χ3n) is 2.17. The summed E-state index contributed by atoms with van der Waals surface area (Å²) in [6.07, 6.45) is 1.24. The van der Waals surface area contributed by atoms with Crippen LogP contribution in [0.5, 0.6) is 0 Å². The van der Waals surface area contributed by atoms with Crippen LogP contribution in [0.4, 0.5) is 0 Å². The van der Waals surface area contributed by atoms with E-state index in [1.165, 1.54) is 10.9 Å². The van der Waals surface area contributed by atoms with Crippen LogP contribution >= 0.6 is 0 Å². The second kappa shape index (κ2) is 4.28. The molecule has 0 bridgehead atoms. The Balaban J connectivity index is 1.92. The number of ether oxygens (including phenoxy) is 1. The zero-order valence-electron chi connectivity index (χ0n) is 7.77. The summed E-state index contributed by atoms with van der Waals surface area (Å²) in [6.45, 7) is 3.22. The molecule has 0 aromatic heterocycles. The predicted molar refractivity (Wildman–Crippen MR) is 55.4 cm³/mol. The average Bonchev–Trinajstić information content (AvgIpc) is 2.53. The van der Waals surface area contributed by atoms with E-state index in [4.69, 9.17) is 4.74 Å². The fourth-order valence-electron chi connectivity index (χ4n) is 1.47. The van der Waals surface area contributed by atoms with Crippen molar-refractivity contribution < 1.29 is 4.74 Å². The molecule has 1 heterocycles. The van der Waals surface area contributed by atoms with Crippen LogP contribution in [-0.2, 0) is 4.74 Å². The van der Waals surface area contributed by atoms with Crippen LogP contribution in [0.15, 0.2) is 30.3 Å². The summed E-state index contributed by atoms with van der Waals surface area (Å²) in [5, 5.41) is 0.518. The molecule has 1 aromatic rings. The summed E-state index contributed by atoms with van der Waals surface area (Å²) < 4.78 is 7.15. The van der Waals surface area contributed by atoms with Gasteiger partial charge in [0, 0.05) is 0 Å². The average molecular weight is 241 g/mol. The van der Waals surface area contributed by atoms with E-state index in [-0.39, 0.29) is 0 Å². The molecule has 1 saturated heterocycles. The van der Waals surface area contributed by atoms with Gasteiger partial charge in [0.1, 0.15) is 0 Å². The molecular formula is C11H14OSe. The molecule has 2 atom stereocenters. The molecule has 70 valence electrons. The second-order valence-electron chi connectivity index (χ2n) is 3.53. The van der Waals surface area contributed by atoms with Crippen LogP contribution in [-0.4, -0.2) is 26.6 Å². The maximum absolute atomic E-state index is 5.70. The van der Waals surface area contributed by atoms with Gasteiger partial charge in [-0.05, 0) is 0 Å². The van der Waals surface area contributed by atoms with Crippen molar-refractivity contribution in [2.75, 3.05) is 6.61 Å². The standard InChI is InChI=1S/C11H14OSe/c1-9-7-11(12-8-9)13-10-5-3-2-4-6-10/h2-6,9,11H,7-8H2,1H3/t9-,11-/m0/s1. The third kappa shape index (κ3) is 2.57. The molecule has 0 amide bonds. The normalized spacial score (nSPS) is 27.8. The van der Waals surface area contributed by atoms with Crippen molar-refractivity contribution in [3.63, 3.8) is 0 Å². The van der Waals surface area contributed by atoms with Crippen molar-refractivity contribution in [1.29, 1.82) is 0 Å². The van der Waals surface area contributed by atoms with E-state index in [2.05, 4.69) is 37.3 Å². The molecular weight excluding hydrogens is 227 g/mol. The van der Waals surface area contributed by atoms with Gasteiger partial charge in [-0.3, -0.25) is 0 Å². The predicted octanol–water partition coefficient (Wildman–Crippen LogP) is 1.40. The summed E-state index contributed by atoms with van der Waals surface area (Å²) in [5.74, 6) is 0.760. The van der Waals surface area contributed by atoms with Gasteiger partial charge in [0.25, 0.3) is 0 Å². The molecule has 0 N–H and O–H groups in total. The molecule has 2 rings (SSSR count). The minimum absolute atomic E-state index is 0.506. The first-order valence-electron chi connectivity index (χ1n) is 4.68. The molecule has 13 heavy (non-hydrogen) atoms. The Bertz CT molecular complexity index is 260. The van der Waals surface area contributed by atoms with Crippen LogP contribution in [0.3, 0.4) is 0 Å². The first-order valence-corrected chi connectivity index (χ1v) is 6.52. The number of benzene rings is 1. The topological polar surface area (TPSA) is 9.23 Å². The molecule has 1 aliphatic rings. The molecule has 0 saturated carbocycles. The Morgan fingerprint density at radius 1 is 1.31 bits per heavy atom. The van der Waals surface area contributed by atoms with Crippen molar-refractivity contribution in [1.82, 2.24) is 0 Å². The number of hydrogen-bond acceptors (Lipinski definition) is 1. The van der Waals surface area contributed by atoms with Gasteiger partial charge in [-0.2, -0.15) is 0 Å². The van der Waals surface area contributed by atoms with Gasteiger partial charge in [-0.1, -0.05) is 0 Å². The summed E-state index contributed by atoms with van der Waals surface area (Å²) in [4.78, 5) is 0. The molecule has 0 aliphatic carbocycles. The van der Waals surface area contributed by atoms with E-state index < -0.39 is 0 Å². The van der Waals surface area contributed by atoms with E-state index in [1.54, 1.807) is 0 Å². The SMILES string of the molecule is C[C@@H]1CO[C@@H]([Se]c2ccccc2)C1. The molecule has 1 fully saturated rings. The molecule has 0 radical (unpaired) electrons. The zero-order valence-corrected chi connectivity index (χ0v) is 9.49. The van der Waals surface area contributed by atoms with Gasteiger partial charge in [0.05, 0.1) is 0 Å². The minimum atomic E-state index is 0.506. The molecule has 1 aromatic carbocycles. The maximum atomic E-state index is 5.70. The van der Waals surface area contributed by atoms with Crippen molar-refractivity contribution in [3.05, 3.63) is 30.3 Å². The number of rotatable bonds is 2. The van der Waals surface area contributed by atoms with Gasteiger partial charge >= 0.3 is 85.4 Å². The van der Waals surface area contributed by atoms with E-state index in [1.807, 2.05) is 0 Å². The zero-order chi connectivity index (χ0) is 9.10. The van der Waals surface area contributed by atoms with Crippen LogP contribution in [0.2, 0.25) is 0 Å². The molecule has 0 spiro atoms. The van der Waals surface area contributed by atoms with Gasteiger partial charge < -0.3 is 0 Å². The molecule has 2 heteroatoms. The van der Waals surface area contributed by atoms with Crippen molar-refractivity contribution in [2.24, 2.45) is 5.92 Å². The first kappa shape index (κ1) is 9.26. The number of hydrogen-bond donors (Lipinski definition) is 0. The third-order valence-corrected chi connectivity index (χ3v) is 4.56. The van der Waals surface area contributed by atoms with E-state index in [0.29, 0.717) is 20.0 Å². The molecule has 1 aliphatic heterocycles. The van der Waals surface area contributed by atoms with Crippen LogP contribution < -0.4 is 4.46 Å². The summed E-state index contributed by atoms with van der Waals surface area (Å²) >= 11 is 0.506. The fourth-order valence-corrected chi connectivity index (χ4v) is 3.96. The van der Waals surface area contributed by atoms with E-state index in [0.717, 1.165) is 12.5 Å². The fraction of sp³-hybridized carbons (Fsp3) is 0.455. The van der Waals surface area contributed by atoms with Gasteiger partial charge in [-0.15, -0.1) is 0 Å². The summed E-state index contributed by atoms with van der Waals surface area (Å²) in [5.41, 5.74) is 0.